The molecule has 1 aliphatic heterocycles. The van der Waals surface area contributed by atoms with Crippen LogP contribution in [0.3, 0.4) is 0 Å². The van der Waals surface area contributed by atoms with Crippen molar-refractivity contribution in [3.05, 3.63) is 29.8 Å². The second-order valence-electron chi connectivity index (χ2n) is 3.51. The third-order valence-electron chi connectivity index (χ3n) is 2.47. The number of esters is 1. The third-order valence-corrected chi connectivity index (χ3v) is 2.47. The zero-order valence-electron chi connectivity index (χ0n) is 9.27. The van der Waals surface area contributed by atoms with Gasteiger partial charge in [0.25, 0.3) is 0 Å². The minimum absolute atomic E-state index is 0.270. The Hall–Kier alpha value is -1.84. The Morgan fingerprint density at radius 1 is 1.38 bits per heavy atom. The van der Waals surface area contributed by atoms with Crippen LogP contribution in [0, 0.1) is 0 Å². The summed E-state index contributed by atoms with van der Waals surface area (Å²) in [7, 11) is 1.61. The molecule has 1 atom stereocenters. The summed E-state index contributed by atoms with van der Waals surface area (Å²) in [6.45, 7) is 1.91. The van der Waals surface area contributed by atoms with E-state index in [2.05, 4.69) is 4.99 Å². The zero-order valence-corrected chi connectivity index (χ0v) is 9.27. The molecule has 0 saturated heterocycles. The molecule has 1 aromatic rings. The van der Waals surface area contributed by atoms with Gasteiger partial charge in [-0.05, 0) is 30.7 Å². The van der Waals surface area contributed by atoms with Crippen molar-refractivity contribution in [2.75, 3.05) is 7.11 Å². The number of aliphatic imine (C=N–C) groups is 1. The number of methoxy groups -OCH3 is 1. The Morgan fingerprint density at radius 3 is 2.56 bits per heavy atom. The maximum absolute atomic E-state index is 11.4. The molecule has 4 nitrogen and oxygen atoms in total. The Kier molecular flexibility index (Phi) is 2.90. The van der Waals surface area contributed by atoms with Crippen LogP contribution in [0.1, 0.15) is 18.9 Å². The summed E-state index contributed by atoms with van der Waals surface area (Å²) < 4.78 is 10.1. The molecule has 1 unspecified atom stereocenters. The summed E-state index contributed by atoms with van der Waals surface area (Å²) in [5.74, 6) is 0.897. The first-order valence-electron chi connectivity index (χ1n) is 5.18. The van der Waals surface area contributed by atoms with Gasteiger partial charge in [0.1, 0.15) is 5.75 Å². The first kappa shape index (κ1) is 10.7. The maximum Gasteiger partial charge on any atom is 0.337 e. The lowest BCUT2D eigenvalue weighted by Crippen LogP contribution is -2.13. The molecule has 0 amide bonds. The summed E-state index contributed by atoms with van der Waals surface area (Å²) in [4.78, 5) is 15.6. The van der Waals surface area contributed by atoms with Crippen LogP contribution in [-0.4, -0.2) is 25.0 Å². The van der Waals surface area contributed by atoms with Crippen molar-refractivity contribution in [3.8, 4) is 5.75 Å². The second kappa shape index (κ2) is 4.35. The van der Waals surface area contributed by atoms with E-state index in [1.54, 1.807) is 7.11 Å². The van der Waals surface area contributed by atoms with Crippen LogP contribution in [0.15, 0.2) is 29.3 Å². The van der Waals surface area contributed by atoms with Gasteiger partial charge in [0.2, 0.25) is 5.90 Å². The van der Waals surface area contributed by atoms with E-state index in [4.69, 9.17) is 9.47 Å². The monoisotopic (exact) mass is 219 g/mol. The first-order chi connectivity index (χ1) is 7.74. The van der Waals surface area contributed by atoms with Gasteiger partial charge in [-0.25, -0.2) is 9.79 Å². The van der Waals surface area contributed by atoms with Gasteiger partial charge in [-0.15, -0.1) is 0 Å². The molecule has 1 aliphatic rings. The van der Waals surface area contributed by atoms with Gasteiger partial charge in [-0.3, -0.25) is 0 Å². The molecule has 0 spiro atoms. The van der Waals surface area contributed by atoms with E-state index < -0.39 is 0 Å². The van der Waals surface area contributed by atoms with Gasteiger partial charge in [-0.1, -0.05) is 6.92 Å². The molecule has 1 aromatic carbocycles. The highest BCUT2D eigenvalue weighted by atomic mass is 16.6. The summed E-state index contributed by atoms with van der Waals surface area (Å²) in [6, 6.07) is 6.92. The smallest absolute Gasteiger partial charge is 0.337 e. The molecule has 0 aliphatic carbocycles. The van der Waals surface area contributed by atoms with E-state index in [9.17, 15) is 4.79 Å². The number of carbonyl (C=O) groups is 1. The largest absolute Gasteiger partial charge is 0.497 e. The van der Waals surface area contributed by atoms with Crippen molar-refractivity contribution in [2.45, 2.75) is 19.4 Å². The van der Waals surface area contributed by atoms with Crippen molar-refractivity contribution in [1.82, 2.24) is 0 Å². The highest BCUT2D eigenvalue weighted by Crippen LogP contribution is 2.18. The van der Waals surface area contributed by atoms with Gasteiger partial charge in [0.15, 0.2) is 6.04 Å². The van der Waals surface area contributed by atoms with Gasteiger partial charge in [0, 0.05) is 5.56 Å². The summed E-state index contributed by atoms with van der Waals surface area (Å²) in [5, 5.41) is 0. The highest BCUT2D eigenvalue weighted by molar-refractivity contribution is 6.06. The Morgan fingerprint density at radius 2 is 2.06 bits per heavy atom. The SMILES string of the molecule is CCC1N=C(c2ccc(OC)cc2)OC1=O. The number of nitrogens with zero attached hydrogens (tertiary/aromatic N) is 1. The van der Waals surface area contributed by atoms with Crippen molar-refractivity contribution in [2.24, 2.45) is 4.99 Å². The fraction of sp³-hybridized carbons (Fsp3) is 0.333. The average Bonchev–Trinajstić information content (AvgIpc) is 2.71. The fourth-order valence-electron chi connectivity index (χ4n) is 1.51. The minimum Gasteiger partial charge on any atom is -0.497 e. The maximum atomic E-state index is 11.4. The molecule has 2 rings (SSSR count). The lowest BCUT2D eigenvalue weighted by molar-refractivity contribution is -0.134. The number of cyclic esters (lactones) is 1. The molecule has 0 saturated carbocycles. The molecule has 1 heterocycles. The zero-order chi connectivity index (χ0) is 11.5. The molecule has 0 bridgehead atoms. The molecular weight excluding hydrogens is 206 g/mol. The lowest BCUT2D eigenvalue weighted by atomic mass is 10.2. The standard InChI is InChI=1S/C12H13NO3/c1-3-10-12(14)16-11(13-10)8-4-6-9(15-2)7-5-8/h4-7,10H,3H2,1-2H3. The van der Waals surface area contributed by atoms with Crippen molar-refractivity contribution in [1.29, 1.82) is 0 Å². The predicted octanol–water partition coefficient (Wildman–Crippen LogP) is 1.78. The normalized spacial score (nSPS) is 19.2. The Labute approximate surface area is 93.9 Å². The summed E-state index contributed by atoms with van der Waals surface area (Å²) in [6.07, 6.45) is 0.665. The number of hydrogen-bond acceptors (Lipinski definition) is 4. The Bertz CT molecular complexity index is 422. The lowest BCUT2D eigenvalue weighted by Gasteiger charge is -2.01. The van der Waals surface area contributed by atoms with Crippen LogP contribution in [-0.2, 0) is 9.53 Å². The van der Waals surface area contributed by atoms with E-state index in [1.165, 1.54) is 0 Å². The highest BCUT2D eigenvalue weighted by Gasteiger charge is 2.27. The van der Waals surface area contributed by atoms with Crippen molar-refractivity contribution in [3.63, 3.8) is 0 Å². The summed E-state index contributed by atoms with van der Waals surface area (Å²) >= 11 is 0. The minimum atomic E-state index is -0.350. The fourth-order valence-corrected chi connectivity index (χ4v) is 1.51. The number of carbonyl (C=O) groups excluding carboxylic acids is 1. The van der Waals surface area contributed by atoms with Crippen LogP contribution >= 0.6 is 0 Å². The molecule has 0 N–H and O–H groups in total. The number of hydrogen-bond donors (Lipinski definition) is 0. The number of rotatable bonds is 3. The average molecular weight is 219 g/mol. The van der Waals surface area contributed by atoms with E-state index in [0.29, 0.717) is 12.3 Å². The molecular formula is C12H13NO3. The number of benzene rings is 1. The topological polar surface area (TPSA) is 47.9 Å². The Balaban J connectivity index is 2.22. The first-order valence-corrected chi connectivity index (χ1v) is 5.18. The van der Waals surface area contributed by atoms with E-state index in [0.717, 1.165) is 11.3 Å². The van der Waals surface area contributed by atoms with E-state index in [1.807, 2.05) is 31.2 Å². The molecule has 4 heteroatoms. The molecule has 16 heavy (non-hydrogen) atoms. The predicted molar refractivity (Wildman–Crippen MR) is 59.7 cm³/mol. The van der Waals surface area contributed by atoms with E-state index >= 15 is 0 Å². The molecule has 84 valence electrons. The molecule has 0 aromatic heterocycles. The van der Waals surface area contributed by atoms with Crippen LogP contribution < -0.4 is 4.74 Å². The number of ether oxygens (including phenoxy) is 2. The molecule has 0 fully saturated rings. The van der Waals surface area contributed by atoms with Crippen LogP contribution in [0.5, 0.6) is 5.75 Å². The van der Waals surface area contributed by atoms with Crippen LogP contribution in [0.4, 0.5) is 0 Å². The van der Waals surface area contributed by atoms with Crippen LogP contribution in [0.2, 0.25) is 0 Å². The van der Waals surface area contributed by atoms with Crippen LogP contribution in [0.25, 0.3) is 0 Å². The third kappa shape index (κ3) is 1.91. The van der Waals surface area contributed by atoms with Gasteiger partial charge in [0.05, 0.1) is 7.11 Å². The quantitative estimate of drug-likeness (QED) is 0.728. The molecule has 0 radical (unpaired) electrons. The second-order valence-corrected chi connectivity index (χ2v) is 3.51. The van der Waals surface area contributed by atoms with Gasteiger partial charge >= 0.3 is 5.97 Å². The summed E-state index contributed by atoms with van der Waals surface area (Å²) in [5.41, 5.74) is 0.796. The van der Waals surface area contributed by atoms with Gasteiger partial charge < -0.3 is 9.47 Å². The van der Waals surface area contributed by atoms with Crippen molar-refractivity contribution < 1.29 is 14.3 Å². The van der Waals surface area contributed by atoms with E-state index in [-0.39, 0.29) is 12.0 Å². The van der Waals surface area contributed by atoms with Crippen molar-refractivity contribution >= 4 is 11.9 Å². The van der Waals surface area contributed by atoms with Gasteiger partial charge in [-0.2, -0.15) is 0 Å².